The van der Waals surface area contributed by atoms with Crippen LogP contribution < -0.4 is 14.2 Å². The van der Waals surface area contributed by atoms with Gasteiger partial charge in [0.2, 0.25) is 0 Å². The molecule has 0 aliphatic carbocycles. The van der Waals surface area contributed by atoms with Crippen LogP contribution in [-0.4, -0.2) is 20.0 Å². The molecule has 136 valence electrons. The molecule has 4 heteroatoms. The third kappa shape index (κ3) is 3.14. The van der Waals surface area contributed by atoms with Gasteiger partial charge in [-0.3, -0.25) is 4.79 Å². The van der Waals surface area contributed by atoms with E-state index in [0.29, 0.717) is 17.1 Å². The number of fused-ring (bicyclic) bond motifs is 1. The highest BCUT2D eigenvalue weighted by Crippen LogP contribution is 2.44. The summed E-state index contributed by atoms with van der Waals surface area (Å²) in [6.45, 7) is 0. The summed E-state index contributed by atoms with van der Waals surface area (Å²) in [4.78, 5) is 13.4. The van der Waals surface area contributed by atoms with E-state index in [1.165, 1.54) is 0 Å². The van der Waals surface area contributed by atoms with Crippen LogP contribution >= 0.6 is 0 Å². The molecule has 0 amide bonds. The summed E-state index contributed by atoms with van der Waals surface area (Å²) in [5.74, 6) is 1.58. The summed E-state index contributed by atoms with van der Waals surface area (Å²) in [6, 6.07) is 22.8. The fraction of sp³-hybridized carbons (Fsp3) is 0.174. The molecule has 0 bridgehead atoms. The zero-order valence-corrected chi connectivity index (χ0v) is 15.2. The van der Waals surface area contributed by atoms with Crippen LogP contribution in [0.3, 0.4) is 0 Å². The number of hydrogen-bond acceptors (Lipinski definition) is 4. The van der Waals surface area contributed by atoms with Gasteiger partial charge in [-0.25, -0.2) is 0 Å². The zero-order chi connectivity index (χ0) is 18.8. The highest BCUT2D eigenvalue weighted by atomic mass is 16.5. The lowest BCUT2D eigenvalue weighted by Gasteiger charge is -2.33. The molecule has 4 rings (SSSR count). The number of carbonyl (C=O) groups is 1. The standard InChI is InChI=1S/C23H20O4/c1-25-17-10-8-16(9-11-17)23-21(15-6-4-3-5-7-15)22(24)19-14-18(26-2)12-13-20(19)27-23/h3-14,21,23H,1-2H3. The number of benzene rings is 3. The average Bonchev–Trinajstić information content (AvgIpc) is 2.74. The Kier molecular flexibility index (Phi) is 4.55. The Morgan fingerprint density at radius 1 is 0.778 bits per heavy atom. The number of carbonyl (C=O) groups excluding carboxylic acids is 1. The second-order valence-electron chi connectivity index (χ2n) is 6.43. The quantitative estimate of drug-likeness (QED) is 0.670. The Bertz CT molecular complexity index is 948. The fourth-order valence-electron chi connectivity index (χ4n) is 3.48. The van der Waals surface area contributed by atoms with Crippen LogP contribution in [-0.2, 0) is 0 Å². The molecule has 0 radical (unpaired) electrons. The van der Waals surface area contributed by atoms with Crippen molar-refractivity contribution in [3.8, 4) is 17.2 Å². The molecule has 0 saturated carbocycles. The number of rotatable bonds is 4. The van der Waals surface area contributed by atoms with E-state index >= 15 is 0 Å². The summed E-state index contributed by atoms with van der Waals surface area (Å²) < 4.78 is 16.8. The van der Waals surface area contributed by atoms with Crippen molar-refractivity contribution in [3.05, 3.63) is 89.5 Å². The second kappa shape index (κ2) is 7.16. The van der Waals surface area contributed by atoms with Crippen molar-refractivity contribution in [2.75, 3.05) is 14.2 Å². The van der Waals surface area contributed by atoms with E-state index in [9.17, 15) is 4.79 Å². The van der Waals surface area contributed by atoms with Gasteiger partial charge < -0.3 is 14.2 Å². The minimum Gasteiger partial charge on any atom is -0.497 e. The highest BCUT2D eigenvalue weighted by Gasteiger charge is 2.39. The van der Waals surface area contributed by atoms with E-state index in [1.807, 2.05) is 54.6 Å². The Hall–Kier alpha value is -3.27. The normalized spacial score (nSPS) is 18.4. The zero-order valence-electron chi connectivity index (χ0n) is 15.2. The molecule has 0 aromatic heterocycles. The maximum atomic E-state index is 13.4. The summed E-state index contributed by atoms with van der Waals surface area (Å²) in [5, 5.41) is 0. The monoisotopic (exact) mass is 360 g/mol. The first-order chi connectivity index (χ1) is 13.2. The Labute approximate surface area is 158 Å². The molecule has 1 aliphatic rings. The van der Waals surface area contributed by atoms with Gasteiger partial charge in [-0.2, -0.15) is 0 Å². The minimum atomic E-state index is -0.431. The number of ketones is 1. The third-order valence-corrected chi connectivity index (χ3v) is 4.89. The molecule has 2 unspecified atom stereocenters. The SMILES string of the molecule is COc1ccc(C2Oc3ccc(OC)cc3C(=O)C2c2ccccc2)cc1. The largest absolute Gasteiger partial charge is 0.497 e. The molecule has 0 N–H and O–H groups in total. The van der Waals surface area contributed by atoms with Crippen molar-refractivity contribution in [2.45, 2.75) is 12.0 Å². The molecular weight excluding hydrogens is 340 g/mol. The molecule has 27 heavy (non-hydrogen) atoms. The lowest BCUT2D eigenvalue weighted by Crippen LogP contribution is -2.30. The van der Waals surface area contributed by atoms with E-state index in [-0.39, 0.29) is 5.78 Å². The highest BCUT2D eigenvalue weighted by molar-refractivity contribution is 6.05. The lowest BCUT2D eigenvalue weighted by atomic mass is 9.81. The van der Waals surface area contributed by atoms with Gasteiger partial charge in [0.25, 0.3) is 0 Å². The maximum absolute atomic E-state index is 13.4. The number of ether oxygens (including phenoxy) is 3. The van der Waals surface area contributed by atoms with Crippen LogP contribution in [0.2, 0.25) is 0 Å². The van der Waals surface area contributed by atoms with Crippen molar-refractivity contribution >= 4 is 5.78 Å². The van der Waals surface area contributed by atoms with Crippen LogP contribution in [0, 0.1) is 0 Å². The van der Waals surface area contributed by atoms with E-state index in [4.69, 9.17) is 14.2 Å². The van der Waals surface area contributed by atoms with E-state index in [2.05, 4.69) is 0 Å². The van der Waals surface area contributed by atoms with Crippen molar-refractivity contribution < 1.29 is 19.0 Å². The van der Waals surface area contributed by atoms with Crippen LogP contribution in [0.25, 0.3) is 0 Å². The van der Waals surface area contributed by atoms with Gasteiger partial charge in [-0.05, 0) is 41.5 Å². The summed E-state index contributed by atoms with van der Waals surface area (Å²) >= 11 is 0. The summed E-state index contributed by atoms with van der Waals surface area (Å²) in [6.07, 6.45) is -0.410. The maximum Gasteiger partial charge on any atom is 0.178 e. The van der Waals surface area contributed by atoms with Gasteiger partial charge in [-0.15, -0.1) is 0 Å². The molecule has 4 nitrogen and oxygen atoms in total. The van der Waals surface area contributed by atoms with Crippen LogP contribution in [0.1, 0.15) is 33.5 Å². The molecule has 0 saturated heterocycles. The van der Waals surface area contributed by atoms with Crippen LogP contribution in [0.5, 0.6) is 17.2 Å². The van der Waals surface area contributed by atoms with E-state index < -0.39 is 12.0 Å². The Balaban J connectivity index is 1.82. The van der Waals surface area contributed by atoms with Crippen molar-refractivity contribution in [1.29, 1.82) is 0 Å². The minimum absolute atomic E-state index is 0.0298. The van der Waals surface area contributed by atoms with Gasteiger partial charge in [0.15, 0.2) is 5.78 Å². The van der Waals surface area contributed by atoms with E-state index in [1.54, 1.807) is 32.4 Å². The first-order valence-corrected chi connectivity index (χ1v) is 8.79. The van der Waals surface area contributed by atoms with E-state index in [0.717, 1.165) is 16.9 Å². The summed E-state index contributed by atoms with van der Waals surface area (Å²) in [7, 11) is 3.22. The second-order valence-corrected chi connectivity index (χ2v) is 6.43. The predicted octanol–water partition coefficient (Wildman–Crippen LogP) is 4.80. The number of hydrogen-bond donors (Lipinski definition) is 0. The molecule has 2 atom stereocenters. The van der Waals surface area contributed by atoms with Crippen LogP contribution in [0.4, 0.5) is 0 Å². The van der Waals surface area contributed by atoms with Gasteiger partial charge >= 0.3 is 0 Å². The fourth-order valence-corrected chi connectivity index (χ4v) is 3.48. The van der Waals surface area contributed by atoms with Crippen molar-refractivity contribution in [3.63, 3.8) is 0 Å². The first-order valence-electron chi connectivity index (χ1n) is 8.79. The molecule has 3 aromatic carbocycles. The third-order valence-electron chi connectivity index (χ3n) is 4.89. The lowest BCUT2D eigenvalue weighted by molar-refractivity contribution is 0.0781. The molecular formula is C23H20O4. The van der Waals surface area contributed by atoms with Crippen LogP contribution in [0.15, 0.2) is 72.8 Å². The van der Waals surface area contributed by atoms with Gasteiger partial charge in [0.05, 0.1) is 25.7 Å². The molecule has 1 heterocycles. The topological polar surface area (TPSA) is 44.8 Å². The number of methoxy groups -OCH3 is 2. The predicted molar refractivity (Wildman–Crippen MR) is 103 cm³/mol. The Morgan fingerprint density at radius 3 is 2.11 bits per heavy atom. The van der Waals surface area contributed by atoms with Gasteiger partial charge in [0, 0.05) is 0 Å². The number of Topliss-reactive ketones (excluding diaryl/α,β-unsaturated/α-hetero) is 1. The molecule has 0 spiro atoms. The first kappa shape index (κ1) is 17.2. The molecule has 0 fully saturated rings. The van der Waals surface area contributed by atoms with Crippen molar-refractivity contribution in [2.24, 2.45) is 0 Å². The average molecular weight is 360 g/mol. The van der Waals surface area contributed by atoms with Crippen molar-refractivity contribution in [1.82, 2.24) is 0 Å². The van der Waals surface area contributed by atoms with Gasteiger partial charge in [0.1, 0.15) is 23.4 Å². The Morgan fingerprint density at radius 2 is 1.44 bits per heavy atom. The summed E-state index contributed by atoms with van der Waals surface area (Å²) in [5.41, 5.74) is 2.41. The molecule has 3 aromatic rings. The van der Waals surface area contributed by atoms with Gasteiger partial charge in [-0.1, -0.05) is 42.5 Å². The molecule has 1 aliphatic heterocycles. The smallest absolute Gasteiger partial charge is 0.178 e.